The molecule has 0 N–H and O–H groups in total. The third-order valence-electron chi connectivity index (χ3n) is 9.48. The maximum absolute atomic E-state index is 6.52. The highest BCUT2D eigenvalue weighted by Crippen LogP contribution is 2.46. The van der Waals surface area contributed by atoms with E-state index in [0.717, 1.165) is 49.4 Å². The summed E-state index contributed by atoms with van der Waals surface area (Å²) in [4.78, 5) is 0. The zero-order valence-corrected chi connectivity index (χ0v) is 24.8. The smallest absolute Gasteiger partial charge is 0.147 e. The molecule has 0 unspecified atom stereocenters. The second kappa shape index (κ2) is 9.69. The van der Waals surface area contributed by atoms with Crippen LogP contribution in [0.1, 0.15) is 0 Å². The summed E-state index contributed by atoms with van der Waals surface area (Å²) in [5.41, 5.74) is 10.7. The third-order valence-corrected chi connectivity index (χ3v) is 9.48. The molecule has 0 spiro atoms. The molecular formula is C44H26O2. The highest BCUT2D eigenvalue weighted by Gasteiger charge is 2.20. The molecule has 0 aliphatic carbocycles. The van der Waals surface area contributed by atoms with Crippen LogP contribution in [-0.4, -0.2) is 0 Å². The summed E-state index contributed by atoms with van der Waals surface area (Å²) >= 11 is 0. The van der Waals surface area contributed by atoms with Crippen LogP contribution in [0.4, 0.5) is 0 Å². The van der Waals surface area contributed by atoms with Crippen molar-refractivity contribution in [2.45, 2.75) is 0 Å². The predicted octanol–water partition coefficient (Wildman–Crippen LogP) is 12.8. The Balaban J connectivity index is 1.20. The lowest BCUT2D eigenvalue weighted by Gasteiger charge is -2.18. The lowest BCUT2D eigenvalue weighted by atomic mass is 9.85. The van der Waals surface area contributed by atoms with E-state index in [1.807, 2.05) is 12.1 Å². The van der Waals surface area contributed by atoms with Gasteiger partial charge in [0.15, 0.2) is 0 Å². The first kappa shape index (κ1) is 25.2. The van der Waals surface area contributed by atoms with Crippen LogP contribution in [0.2, 0.25) is 0 Å². The summed E-state index contributed by atoms with van der Waals surface area (Å²) in [6.45, 7) is 0. The predicted molar refractivity (Wildman–Crippen MR) is 192 cm³/mol. The standard InChI is InChI=1S/C44H26O2/c1-2-10-27(11-3-1)28-18-20-29(21-19-28)41-32-13-4-6-15-34(32)42(35-16-7-5-14-33(35)41)30-22-23-37-40(26-30)45-39-25-24-36-31-12-8-9-17-38(31)46-44(36)43(37)39/h1-26H. The summed E-state index contributed by atoms with van der Waals surface area (Å²) in [7, 11) is 0. The van der Waals surface area contributed by atoms with Crippen molar-refractivity contribution >= 4 is 65.4 Å². The van der Waals surface area contributed by atoms with Crippen molar-refractivity contribution in [2.75, 3.05) is 0 Å². The largest absolute Gasteiger partial charge is 0.456 e. The monoisotopic (exact) mass is 586 g/mol. The van der Waals surface area contributed by atoms with E-state index < -0.39 is 0 Å². The average Bonchev–Trinajstić information content (AvgIpc) is 3.69. The van der Waals surface area contributed by atoms with E-state index in [1.165, 1.54) is 49.4 Å². The minimum absolute atomic E-state index is 0.836. The highest BCUT2D eigenvalue weighted by molar-refractivity contribution is 6.24. The zero-order valence-electron chi connectivity index (χ0n) is 24.8. The Morgan fingerprint density at radius 2 is 0.804 bits per heavy atom. The van der Waals surface area contributed by atoms with Gasteiger partial charge in [-0.15, -0.1) is 0 Å². The molecule has 46 heavy (non-hydrogen) atoms. The molecule has 10 aromatic rings. The SMILES string of the molecule is c1ccc(-c2ccc(-c3c4ccccc4c(-c4ccc5c(c4)oc4ccc6c7ccccc7oc6c45)c4ccccc34)cc2)cc1. The first-order valence-electron chi connectivity index (χ1n) is 15.7. The van der Waals surface area contributed by atoms with Gasteiger partial charge >= 0.3 is 0 Å². The van der Waals surface area contributed by atoms with Crippen LogP contribution >= 0.6 is 0 Å². The van der Waals surface area contributed by atoms with Crippen molar-refractivity contribution in [3.63, 3.8) is 0 Å². The van der Waals surface area contributed by atoms with Crippen molar-refractivity contribution in [1.82, 2.24) is 0 Å². The molecule has 0 fully saturated rings. The van der Waals surface area contributed by atoms with Crippen LogP contribution in [0, 0.1) is 0 Å². The Labute approximate surface area is 264 Å². The molecule has 0 saturated heterocycles. The summed E-state index contributed by atoms with van der Waals surface area (Å²) in [6.07, 6.45) is 0. The van der Waals surface area contributed by atoms with Gasteiger partial charge in [-0.2, -0.15) is 0 Å². The summed E-state index contributed by atoms with van der Waals surface area (Å²) in [5.74, 6) is 0. The lowest BCUT2D eigenvalue weighted by molar-refractivity contribution is 0.663. The maximum atomic E-state index is 6.52. The van der Waals surface area contributed by atoms with Crippen LogP contribution in [0.3, 0.4) is 0 Å². The van der Waals surface area contributed by atoms with Gasteiger partial charge in [0.05, 0.1) is 5.39 Å². The van der Waals surface area contributed by atoms with Crippen LogP contribution in [0.25, 0.3) is 98.8 Å². The van der Waals surface area contributed by atoms with Gasteiger partial charge in [0, 0.05) is 16.2 Å². The number of hydrogen-bond donors (Lipinski definition) is 0. The molecule has 0 aliphatic heterocycles. The van der Waals surface area contributed by atoms with E-state index >= 15 is 0 Å². The Morgan fingerprint density at radius 3 is 1.50 bits per heavy atom. The number of hydrogen-bond acceptors (Lipinski definition) is 2. The molecule has 8 aromatic carbocycles. The number of benzene rings is 8. The second-order valence-corrected chi connectivity index (χ2v) is 12.0. The highest BCUT2D eigenvalue weighted by atomic mass is 16.3. The Bertz CT molecular complexity index is 2720. The molecule has 2 heterocycles. The molecule has 214 valence electrons. The lowest BCUT2D eigenvalue weighted by Crippen LogP contribution is -1.91. The molecule has 2 heteroatoms. The van der Waals surface area contributed by atoms with Gasteiger partial charge in [-0.3, -0.25) is 0 Å². The summed E-state index contributed by atoms with van der Waals surface area (Å²) < 4.78 is 12.9. The minimum atomic E-state index is 0.836. The van der Waals surface area contributed by atoms with Crippen LogP contribution in [0.15, 0.2) is 167 Å². The van der Waals surface area contributed by atoms with Gasteiger partial charge in [-0.25, -0.2) is 0 Å². The van der Waals surface area contributed by atoms with Crippen LogP contribution in [-0.2, 0) is 0 Å². The molecule has 0 atom stereocenters. The molecule has 0 radical (unpaired) electrons. The van der Waals surface area contributed by atoms with Crippen molar-refractivity contribution in [3.8, 4) is 33.4 Å². The van der Waals surface area contributed by atoms with Gasteiger partial charge in [0.1, 0.15) is 22.3 Å². The average molecular weight is 587 g/mol. The fourth-order valence-corrected chi connectivity index (χ4v) is 7.41. The Morgan fingerprint density at radius 1 is 0.283 bits per heavy atom. The Kier molecular flexibility index (Phi) is 5.31. The molecule has 0 bridgehead atoms. The van der Waals surface area contributed by atoms with Crippen molar-refractivity contribution in [3.05, 3.63) is 158 Å². The fourth-order valence-electron chi connectivity index (χ4n) is 7.41. The van der Waals surface area contributed by atoms with Gasteiger partial charge < -0.3 is 8.83 Å². The van der Waals surface area contributed by atoms with E-state index in [4.69, 9.17) is 8.83 Å². The molecule has 2 nitrogen and oxygen atoms in total. The van der Waals surface area contributed by atoms with Crippen LogP contribution in [0.5, 0.6) is 0 Å². The van der Waals surface area contributed by atoms with E-state index in [2.05, 4.69) is 146 Å². The van der Waals surface area contributed by atoms with Crippen molar-refractivity contribution < 1.29 is 8.83 Å². The van der Waals surface area contributed by atoms with Crippen molar-refractivity contribution in [1.29, 1.82) is 0 Å². The molecule has 0 amide bonds. The first-order chi connectivity index (χ1) is 22.8. The summed E-state index contributed by atoms with van der Waals surface area (Å²) in [6, 6.07) is 56.1. The zero-order chi connectivity index (χ0) is 30.2. The number of furan rings is 2. The second-order valence-electron chi connectivity index (χ2n) is 12.0. The van der Waals surface area contributed by atoms with Gasteiger partial charge in [-0.05, 0) is 85.3 Å². The number of rotatable bonds is 3. The van der Waals surface area contributed by atoms with E-state index in [0.29, 0.717) is 0 Å². The van der Waals surface area contributed by atoms with E-state index in [1.54, 1.807) is 0 Å². The third kappa shape index (κ3) is 3.65. The minimum Gasteiger partial charge on any atom is -0.456 e. The molecule has 0 aliphatic rings. The molecule has 0 saturated carbocycles. The normalized spacial score (nSPS) is 11.9. The topological polar surface area (TPSA) is 26.3 Å². The quantitative estimate of drug-likeness (QED) is 0.193. The van der Waals surface area contributed by atoms with Gasteiger partial charge in [-0.1, -0.05) is 127 Å². The molecular weight excluding hydrogens is 560 g/mol. The van der Waals surface area contributed by atoms with Crippen LogP contribution < -0.4 is 0 Å². The van der Waals surface area contributed by atoms with Gasteiger partial charge in [0.2, 0.25) is 0 Å². The molecule has 10 rings (SSSR count). The maximum Gasteiger partial charge on any atom is 0.147 e. The van der Waals surface area contributed by atoms with E-state index in [9.17, 15) is 0 Å². The van der Waals surface area contributed by atoms with Crippen molar-refractivity contribution in [2.24, 2.45) is 0 Å². The molecule has 2 aromatic heterocycles. The first-order valence-corrected chi connectivity index (χ1v) is 15.7. The van der Waals surface area contributed by atoms with E-state index in [-0.39, 0.29) is 0 Å². The van der Waals surface area contributed by atoms with Gasteiger partial charge in [0.25, 0.3) is 0 Å². The number of fused-ring (bicyclic) bond motifs is 9. The Hall–Kier alpha value is -6.12. The number of para-hydroxylation sites is 1. The summed E-state index contributed by atoms with van der Waals surface area (Å²) in [5, 5.41) is 9.23. The fraction of sp³-hybridized carbons (Fsp3) is 0.